The van der Waals surface area contributed by atoms with Crippen LogP contribution in [0, 0.1) is 5.82 Å². The predicted molar refractivity (Wildman–Crippen MR) is 116 cm³/mol. The summed E-state index contributed by atoms with van der Waals surface area (Å²) in [5, 5.41) is 4.39. The van der Waals surface area contributed by atoms with Crippen molar-refractivity contribution in [3.8, 4) is 11.1 Å². The van der Waals surface area contributed by atoms with Crippen molar-refractivity contribution in [1.82, 2.24) is 14.7 Å². The molecule has 1 amide bonds. The topological polar surface area (TPSA) is 72.3 Å². The lowest BCUT2D eigenvalue weighted by atomic mass is 9.98. The molecule has 0 atom stereocenters. The monoisotopic (exact) mass is 459 g/mol. The van der Waals surface area contributed by atoms with Crippen molar-refractivity contribution >= 4 is 15.7 Å². The van der Waals surface area contributed by atoms with Gasteiger partial charge in [0.25, 0.3) is 5.91 Å². The number of halogens is 2. The van der Waals surface area contributed by atoms with Gasteiger partial charge in [0.2, 0.25) is 0 Å². The van der Waals surface area contributed by atoms with E-state index < -0.39 is 21.3 Å². The third kappa shape index (κ3) is 4.57. The molecule has 9 heteroatoms. The summed E-state index contributed by atoms with van der Waals surface area (Å²) >= 11 is 0. The molecule has 1 aliphatic rings. The first-order chi connectivity index (χ1) is 14.9. The number of rotatable bonds is 5. The van der Waals surface area contributed by atoms with Crippen molar-refractivity contribution in [2.24, 2.45) is 0 Å². The summed E-state index contributed by atoms with van der Waals surface area (Å²) in [6, 6.07) is 10.1. The zero-order valence-electron chi connectivity index (χ0n) is 18.0. The number of carbonyl (C=O) groups excluding carboxylic acids is 1. The highest BCUT2D eigenvalue weighted by atomic mass is 32.2. The van der Waals surface area contributed by atoms with Crippen molar-refractivity contribution < 1.29 is 22.0 Å². The van der Waals surface area contributed by atoms with Gasteiger partial charge in [-0.1, -0.05) is 18.2 Å². The first-order valence-corrected chi connectivity index (χ1v) is 11.9. The summed E-state index contributed by atoms with van der Waals surface area (Å²) in [4.78, 5) is 15.0. The van der Waals surface area contributed by atoms with Crippen LogP contribution >= 0.6 is 0 Å². The highest BCUT2D eigenvalue weighted by Crippen LogP contribution is 2.31. The van der Waals surface area contributed by atoms with E-state index in [1.165, 1.54) is 54.9 Å². The van der Waals surface area contributed by atoms with Crippen LogP contribution in [0.5, 0.6) is 0 Å². The van der Waals surface area contributed by atoms with Crippen LogP contribution in [0.4, 0.5) is 8.78 Å². The van der Waals surface area contributed by atoms with Crippen LogP contribution in [0.15, 0.2) is 53.6 Å². The lowest BCUT2D eigenvalue weighted by molar-refractivity contribution is 0.0748. The first-order valence-electron chi connectivity index (χ1n) is 10.0. The number of hydrogen-bond donors (Lipinski definition) is 0. The minimum atomic E-state index is -3.55. The highest BCUT2D eigenvalue weighted by molar-refractivity contribution is 7.90. The molecule has 0 fully saturated rings. The minimum absolute atomic E-state index is 0.00769. The van der Waals surface area contributed by atoms with Crippen molar-refractivity contribution in [1.29, 1.82) is 0 Å². The second kappa shape index (κ2) is 7.81. The third-order valence-corrected chi connectivity index (χ3v) is 6.35. The van der Waals surface area contributed by atoms with Gasteiger partial charge in [-0.3, -0.25) is 9.48 Å². The summed E-state index contributed by atoms with van der Waals surface area (Å²) in [6.07, 6.45) is 2.80. The molecular weight excluding hydrogens is 436 g/mol. The lowest BCUT2D eigenvalue weighted by Gasteiger charge is -2.19. The second-order valence-electron chi connectivity index (χ2n) is 8.67. The molecule has 0 unspecified atom stereocenters. The Morgan fingerprint density at radius 2 is 1.91 bits per heavy atom. The van der Waals surface area contributed by atoms with E-state index in [2.05, 4.69) is 5.10 Å². The van der Waals surface area contributed by atoms with Gasteiger partial charge < -0.3 is 4.90 Å². The molecule has 0 saturated heterocycles. The van der Waals surface area contributed by atoms with E-state index in [1.807, 2.05) is 0 Å². The molecule has 6 nitrogen and oxygen atoms in total. The van der Waals surface area contributed by atoms with Gasteiger partial charge in [-0.2, -0.15) is 5.10 Å². The molecule has 32 heavy (non-hydrogen) atoms. The summed E-state index contributed by atoms with van der Waals surface area (Å²) in [5.74, 6) is -0.843. The molecule has 0 spiro atoms. The maximum Gasteiger partial charge on any atom is 0.255 e. The molecule has 2 aromatic carbocycles. The fourth-order valence-corrected chi connectivity index (χ4v) is 4.48. The number of fused-ring (bicyclic) bond motifs is 1. The van der Waals surface area contributed by atoms with Crippen LogP contribution < -0.4 is 0 Å². The largest absolute Gasteiger partial charge is 0.328 e. The van der Waals surface area contributed by atoms with Gasteiger partial charge in [0.05, 0.1) is 23.7 Å². The number of benzene rings is 2. The number of alkyl halides is 1. The number of hydrogen-bond acceptors (Lipinski definition) is 4. The molecule has 0 N–H and O–H groups in total. The van der Waals surface area contributed by atoms with E-state index in [0.29, 0.717) is 16.8 Å². The SMILES string of the molecule is CC(C)(F)Cn1cc2c(n1)CN(C(=O)c1cc(S(C)(=O)=O)ccc1-c1cccc(F)c1)C2. The minimum Gasteiger partial charge on any atom is -0.328 e. The van der Waals surface area contributed by atoms with Crippen molar-refractivity contribution in [3.63, 3.8) is 0 Å². The predicted octanol–water partition coefficient (Wildman–Crippen LogP) is 4.00. The highest BCUT2D eigenvalue weighted by Gasteiger charge is 2.30. The van der Waals surface area contributed by atoms with E-state index in [4.69, 9.17) is 0 Å². The third-order valence-electron chi connectivity index (χ3n) is 5.24. The van der Waals surface area contributed by atoms with Crippen LogP contribution in [0.2, 0.25) is 0 Å². The molecule has 3 aromatic rings. The number of nitrogens with zero attached hydrogens (tertiary/aromatic N) is 3. The number of amides is 1. The van der Waals surface area contributed by atoms with Crippen LogP contribution in [0.25, 0.3) is 11.1 Å². The molecule has 1 aromatic heterocycles. The Morgan fingerprint density at radius 3 is 2.53 bits per heavy atom. The van der Waals surface area contributed by atoms with Crippen LogP contribution in [0.3, 0.4) is 0 Å². The maximum absolute atomic E-state index is 13.9. The Hall–Kier alpha value is -3.07. The Labute approximate surface area is 185 Å². The molecule has 4 rings (SSSR count). The molecule has 0 saturated carbocycles. The van der Waals surface area contributed by atoms with Crippen LogP contribution in [-0.2, 0) is 29.5 Å². The molecule has 1 aliphatic heterocycles. The molecular formula is C23H23F2N3O3S. The molecule has 0 aliphatic carbocycles. The van der Waals surface area contributed by atoms with E-state index in [9.17, 15) is 22.0 Å². The van der Waals surface area contributed by atoms with Gasteiger partial charge in [0, 0.05) is 30.1 Å². The summed E-state index contributed by atoms with van der Waals surface area (Å²) in [7, 11) is -3.55. The van der Waals surface area contributed by atoms with Gasteiger partial charge in [-0.25, -0.2) is 17.2 Å². The Balaban J connectivity index is 1.68. The van der Waals surface area contributed by atoms with Crippen LogP contribution in [-0.4, -0.2) is 40.9 Å². The summed E-state index contributed by atoms with van der Waals surface area (Å²) < 4.78 is 53.5. The molecule has 0 bridgehead atoms. The van der Waals surface area contributed by atoms with Crippen molar-refractivity contribution in [2.45, 2.75) is 44.0 Å². The van der Waals surface area contributed by atoms with Crippen LogP contribution in [0.1, 0.15) is 35.5 Å². The zero-order valence-corrected chi connectivity index (χ0v) is 18.8. The van der Waals surface area contributed by atoms with Gasteiger partial charge in [0.1, 0.15) is 11.5 Å². The van der Waals surface area contributed by atoms with E-state index in [0.717, 1.165) is 11.8 Å². The molecule has 0 radical (unpaired) electrons. The Morgan fingerprint density at radius 1 is 1.16 bits per heavy atom. The Kier molecular flexibility index (Phi) is 5.40. The van der Waals surface area contributed by atoms with Gasteiger partial charge in [-0.15, -0.1) is 0 Å². The van der Waals surface area contributed by atoms with Gasteiger partial charge in [-0.05, 0) is 49.2 Å². The normalized spacial score (nSPS) is 14.0. The number of aromatic nitrogens is 2. The maximum atomic E-state index is 13.9. The average molecular weight is 460 g/mol. The van der Waals surface area contributed by atoms with Gasteiger partial charge >= 0.3 is 0 Å². The van der Waals surface area contributed by atoms with E-state index in [1.54, 1.807) is 17.2 Å². The fraction of sp³-hybridized carbons (Fsp3) is 0.304. The second-order valence-corrected chi connectivity index (χ2v) is 10.7. The fourth-order valence-electron chi connectivity index (χ4n) is 3.83. The van der Waals surface area contributed by atoms with Crippen molar-refractivity contribution in [2.75, 3.05) is 6.26 Å². The van der Waals surface area contributed by atoms with Crippen molar-refractivity contribution in [3.05, 3.63) is 71.3 Å². The van der Waals surface area contributed by atoms with E-state index >= 15 is 0 Å². The zero-order chi connectivity index (χ0) is 23.3. The number of carbonyl (C=O) groups is 1. The lowest BCUT2D eigenvalue weighted by Crippen LogP contribution is -2.27. The smallest absolute Gasteiger partial charge is 0.255 e. The molecule has 2 heterocycles. The quantitative estimate of drug-likeness (QED) is 0.578. The summed E-state index contributed by atoms with van der Waals surface area (Å²) in [5.41, 5.74) is 1.16. The number of sulfone groups is 1. The standard InChI is InChI=1S/C23H23F2N3O3S/c1-23(2,25)14-28-12-16-11-27(13-21(16)26-28)22(29)20-10-18(32(3,30)31)7-8-19(20)15-5-4-6-17(24)9-15/h4-10,12H,11,13-14H2,1-3H3. The first kappa shape index (κ1) is 22.1. The Bertz CT molecular complexity index is 1290. The average Bonchev–Trinajstić information content (AvgIpc) is 3.23. The van der Waals surface area contributed by atoms with Gasteiger partial charge in [0.15, 0.2) is 9.84 Å². The summed E-state index contributed by atoms with van der Waals surface area (Å²) in [6.45, 7) is 3.54. The van der Waals surface area contributed by atoms with E-state index in [-0.39, 0.29) is 36.0 Å². The molecule has 168 valence electrons.